The maximum atomic E-state index is 12.2. The molecular weight excluding hydrogens is 386 g/mol. The average molecular weight is 402 g/mol. The van der Waals surface area contributed by atoms with Crippen LogP contribution in [0.25, 0.3) is 0 Å². The summed E-state index contributed by atoms with van der Waals surface area (Å²) < 4.78 is 2.80. The molecule has 0 aliphatic heterocycles. The summed E-state index contributed by atoms with van der Waals surface area (Å²) in [6, 6.07) is 16.0. The van der Waals surface area contributed by atoms with E-state index in [9.17, 15) is 4.79 Å². The zero-order chi connectivity index (χ0) is 16.9. The summed E-state index contributed by atoms with van der Waals surface area (Å²) in [6.45, 7) is 2.73. The number of hydrogen-bond acceptors (Lipinski definition) is 3. The van der Waals surface area contributed by atoms with E-state index < -0.39 is 0 Å². The highest BCUT2D eigenvalue weighted by Gasteiger charge is 2.08. The fourth-order valence-electron chi connectivity index (χ4n) is 2.10. The first-order chi connectivity index (χ1) is 11.6. The molecule has 2 aromatic carbocycles. The van der Waals surface area contributed by atoms with E-state index >= 15 is 0 Å². The number of carbonyl (C=O) groups is 1. The van der Waals surface area contributed by atoms with Crippen LogP contribution >= 0.6 is 27.7 Å². The van der Waals surface area contributed by atoms with Gasteiger partial charge in [-0.15, -0.1) is 0 Å². The number of hydrogen-bond donors (Lipinski definition) is 1. The number of benzene rings is 2. The molecule has 1 heterocycles. The number of anilines is 1. The van der Waals surface area contributed by atoms with Gasteiger partial charge in [-0.1, -0.05) is 27.7 Å². The van der Waals surface area contributed by atoms with E-state index in [-0.39, 0.29) is 5.91 Å². The fourth-order valence-corrected chi connectivity index (χ4v) is 3.18. The lowest BCUT2D eigenvalue weighted by Crippen LogP contribution is -2.10. The highest BCUT2D eigenvalue weighted by atomic mass is 79.9. The summed E-state index contributed by atoms with van der Waals surface area (Å²) in [7, 11) is 0. The minimum absolute atomic E-state index is 0.150. The van der Waals surface area contributed by atoms with Crippen molar-refractivity contribution in [1.82, 2.24) is 9.78 Å². The third kappa shape index (κ3) is 4.27. The van der Waals surface area contributed by atoms with Gasteiger partial charge in [-0.3, -0.25) is 9.48 Å². The SMILES string of the molecule is CCn1cc(C(=O)Nc2ccc(Sc3ccc(Br)cc3)cc2)cn1. The van der Waals surface area contributed by atoms with E-state index in [1.54, 1.807) is 28.8 Å². The van der Waals surface area contributed by atoms with Crippen molar-refractivity contribution in [3.63, 3.8) is 0 Å². The summed E-state index contributed by atoms with van der Waals surface area (Å²) in [5.41, 5.74) is 1.33. The lowest BCUT2D eigenvalue weighted by molar-refractivity contribution is 0.102. The van der Waals surface area contributed by atoms with Gasteiger partial charge in [0.2, 0.25) is 0 Å². The quantitative estimate of drug-likeness (QED) is 0.648. The molecule has 24 heavy (non-hydrogen) atoms. The van der Waals surface area contributed by atoms with Crippen molar-refractivity contribution in [2.45, 2.75) is 23.3 Å². The van der Waals surface area contributed by atoms with Gasteiger partial charge in [-0.2, -0.15) is 5.10 Å². The number of aromatic nitrogens is 2. The fraction of sp³-hybridized carbons (Fsp3) is 0.111. The van der Waals surface area contributed by atoms with Crippen molar-refractivity contribution in [1.29, 1.82) is 0 Å². The van der Waals surface area contributed by atoms with Crippen molar-refractivity contribution in [2.75, 3.05) is 5.32 Å². The monoisotopic (exact) mass is 401 g/mol. The molecule has 6 heteroatoms. The van der Waals surface area contributed by atoms with Gasteiger partial charge in [0.1, 0.15) is 0 Å². The van der Waals surface area contributed by atoms with E-state index in [0.717, 1.165) is 21.6 Å². The number of amides is 1. The molecule has 0 atom stereocenters. The van der Waals surface area contributed by atoms with Crippen LogP contribution in [0.5, 0.6) is 0 Å². The second-order valence-corrected chi connectivity index (χ2v) is 7.18. The van der Waals surface area contributed by atoms with E-state index in [1.165, 1.54) is 4.90 Å². The lowest BCUT2D eigenvalue weighted by atomic mass is 10.3. The molecule has 122 valence electrons. The van der Waals surface area contributed by atoms with Crippen LogP contribution in [0.1, 0.15) is 17.3 Å². The Hall–Kier alpha value is -2.05. The Morgan fingerprint density at radius 1 is 1.12 bits per heavy atom. The lowest BCUT2D eigenvalue weighted by Gasteiger charge is -2.06. The zero-order valence-electron chi connectivity index (χ0n) is 13.1. The number of aryl methyl sites for hydroxylation is 1. The first-order valence-electron chi connectivity index (χ1n) is 7.51. The molecule has 0 saturated carbocycles. The molecule has 0 saturated heterocycles. The topological polar surface area (TPSA) is 46.9 Å². The van der Waals surface area contributed by atoms with Crippen LogP contribution in [0.3, 0.4) is 0 Å². The summed E-state index contributed by atoms with van der Waals surface area (Å²) in [6.07, 6.45) is 3.32. The van der Waals surface area contributed by atoms with Gasteiger partial charge in [0.15, 0.2) is 0 Å². The van der Waals surface area contributed by atoms with Crippen LogP contribution in [0.2, 0.25) is 0 Å². The van der Waals surface area contributed by atoms with Crippen LogP contribution in [-0.4, -0.2) is 15.7 Å². The molecule has 4 nitrogen and oxygen atoms in total. The Labute approximate surface area is 153 Å². The van der Waals surface area contributed by atoms with Crippen LogP contribution in [0.4, 0.5) is 5.69 Å². The first kappa shape index (κ1) is 16.8. The van der Waals surface area contributed by atoms with Gasteiger partial charge in [0, 0.05) is 32.7 Å². The zero-order valence-corrected chi connectivity index (χ0v) is 15.5. The van der Waals surface area contributed by atoms with Crippen molar-refractivity contribution < 1.29 is 4.79 Å². The molecule has 0 aliphatic rings. The second-order valence-electron chi connectivity index (χ2n) is 5.12. The smallest absolute Gasteiger partial charge is 0.258 e. The summed E-state index contributed by atoms with van der Waals surface area (Å²) in [4.78, 5) is 14.5. The number of nitrogens with zero attached hydrogens (tertiary/aromatic N) is 2. The molecule has 1 amide bonds. The van der Waals surface area contributed by atoms with Crippen molar-refractivity contribution in [2.24, 2.45) is 0 Å². The minimum atomic E-state index is -0.150. The van der Waals surface area contributed by atoms with E-state index in [2.05, 4.69) is 38.5 Å². The molecule has 0 bridgehead atoms. The van der Waals surface area contributed by atoms with Gasteiger partial charge in [-0.25, -0.2) is 0 Å². The normalized spacial score (nSPS) is 10.6. The van der Waals surface area contributed by atoms with Gasteiger partial charge >= 0.3 is 0 Å². The molecule has 1 N–H and O–H groups in total. The maximum absolute atomic E-state index is 12.2. The number of nitrogens with one attached hydrogen (secondary N) is 1. The van der Waals surface area contributed by atoms with E-state index in [4.69, 9.17) is 0 Å². The molecular formula is C18H16BrN3OS. The number of halogens is 1. The third-order valence-electron chi connectivity index (χ3n) is 3.38. The highest BCUT2D eigenvalue weighted by molar-refractivity contribution is 9.10. The molecule has 1 aromatic heterocycles. The molecule has 0 aliphatic carbocycles. The Balaban J connectivity index is 1.63. The number of carbonyl (C=O) groups excluding carboxylic acids is 1. The molecule has 3 aromatic rings. The maximum Gasteiger partial charge on any atom is 0.258 e. The Bertz CT molecular complexity index is 828. The summed E-state index contributed by atoms with van der Waals surface area (Å²) in [5.74, 6) is -0.150. The first-order valence-corrected chi connectivity index (χ1v) is 9.12. The molecule has 0 spiro atoms. The number of rotatable bonds is 5. The van der Waals surface area contributed by atoms with Crippen LogP contribution in [0, 0.1) is 0 Å². The Kier molecular flexibility index (Phi) is 5.37. The average Bonchev–Trinajstić information content (AvgIpc) is 3.08. The molecule has 0 radical (unpaired) electrons. The minimum Gasteiger partial charge on any atom is -0.322 e. The predicted molar refractivity (Wildman–Crippen MR) is 101 cm³/mol. The molecule has 3 rings (SSSR count). The van der Waals surface area contributed by atoms with Gasteiger partial charge < -0.3 is 5.32 Å². The predicted octanol–water partition coefficient (Wildman–Crippen LogP) is 5.07. The largest absolute Gasteiger partial charge is 0.322 e. The highest BCUT2D eigenvalue weighted by Crippen LogP contribution is 2.29. The third-order valence-corrected chi connectivity index (χ3v) is 4.93. The van der Waals surface area contributed by atoms with Crippen molar-refractivity contribution in [3.05, 3.63) is 71.0 Å². The molecule has 0 unspecified atom stereocenters. The second kappa shape index (κ2) is 7.68. The standard InChI is InChI=1S/C18H16BrN3OS/c1-2-22-12-13(11-20-22)18(23)21-15-5-9-17(10-6-15)24-16-7-3-14(19)4-8-16/h3-12H,2H2,1H3,(H,21,23). The Morgan fingerprint density at radius 2 is 1.75 bits per heavy atom. The van der Waals surface area contributed by atoms with E-state index in [1.807, 2.05) is 43.3 Å². The Morgan fingerprint density at radius 3 is 2.33 bits per heavy atom. The summed E-state index contributed by atoms with van der Waals surface area (Å²) >= 11 is 5.11. The van der Waals surface area contributed by atoms with Crippen LogP contribution in [0.15, 0.2) is 75.2 Å². The van der Waals surface area contributed by atoms with Crippen molar-refractivity contribution in [3.8, 4) is 0 Å². The van der Waals surface area contributed by atoms with Gasteiger partial charge in [0.25, 0.3) is 5.91 Å². The van der Waals surface area contributed by atoms with Crippen LogP contribution < -0.4 is 5.32 Å². The van der Waals surface area contributed by atoms with Gasteiger partial charge in [0.05, 0.1) is 11.8 Å². The van der Waals surface area contributed by atoms with Crippen molar-refractivity contribution >= 4 is 39.3 Å². The summed E-state index contributed by atoms with van der Waals surface area (Å²) in [5, 5.41) is 7.00. The van der Waals surface area contributed by atoms with E-state index in [0.29, 0.717) is 5.56 Å². The van der Waals surface area contributed by atoms with Gasteiger partial charge in [-0.05, 0) is 55.5 Å². The molecule has 0 fully saturated rings. The van der Waals surface area contributed by atoms with Crippen LogP contribution in [-0.2, 0) is 6.54 Å².